The number of likely N-dealkylation sites (tertiary alicyclic amines) is 1. The van der Waals surface area contributed by atoms with Crippen LogP contribution in [0.5, 0.6) is 0 Å². The molecule has 2 nitrogen and oxygen atoms in total. The molecule has 3 unspecified atom stereocenters. The number of hydrogen-bond donors (Lipinski definition) is 1. The minimum atomic E-state index is 0.450. The number of nitrogens with zero attached hydrogens (tertiary/aromatic N) is 1. The predicted molar refractivity (Wildman–Crippen MR) is 87.1 cm³/mol. The molecule has 2 rings (SSSR count). The molecule has 1 N–H and O–H groups in total. The van der Waals surface area contributed by atoms with E-state index in [1.807, 2.05) is 0 Å². The zero-order chi connectivity index (χ0) is 14.7. The predicted octanol–water partition coefficient (Wildman–Crippen LogP) is 3.68. The van der Waals surface area contributed by atoms with E-state index in [1.165, 1.54) is 29.7 Å². The molecule has 112 valence electrons. The number of hydrogen-bond acceptors (Lipinski definition) is 2. The largest absolute Gasteiger partial charge is 0.309 e. The van der Waals surface area contributed by atoms with Crippen molar-refractivity contribution < 1.29 is 0 Å². The molecule has 0 radical (unpaired) electrons. The molecule has 0 spiro atoms. The van der Waals surface area contributed by atoms with Crippen LogP contribution in [0, 0.1) is 19.8 Å². The van der Waals surface area contributed by atoms with Crippen LogP contribution in [-0.2, 0) is 0 Å². The molecule has 1 aromatic carbocycles. The summed E-state index contributed by atoms with van der Waals surface area (Å²) in [6.07, 6.45) is 1.34. The van der Waals surface area contributed by atoms with Gasteiger partial charge in [-0.3, -0.25) is 4.90 Å². The fraction of sp³-hybridized carbons (Fsp3) is 0.667. The van der Waals surface area contributed by atoms with Gasteiger partial charge in [0.2, 0.25) is 0 Å². The van der Waals surface area contributed by atoms with Crippen LogP contribution in [0.25, 0.3) is 0 Å². The Morgan fingerprint density at radius 3 is 2.35 bits per heavy atom. The lowest BCUT2D eigenvalue weighted by molar-refractivity contribution is 0.235. The van der Waals surface area contributed by atoms with E-state index in [9.17, 15) is 0 Å². The summed E-state index contributed by atoms with van der Waals surface area (Å²) in [4.78, 5) is 2.65. The smallest absolute Gasteiger partial charge is 0.0449 e. The molecule has 0 saturated carbocycles. The van der Waals surface area contributed by atoms with Crippen LogP contribution in [-0.4, -0.2) is 30.6 Å². The molecule has 3 atom stereocenters. The van der Waals surface area contributed by atoms with Gasteiger partial charge in [0.25, 0.3) is 0 Å². The molecule has 1 fully saturated rings. The molecule has 0 aliphatic carbocycles. The van der Waals surface area contributed by atoms with Crippen molar-refractivity contribution in [1.82, 2.24) is 10.2 Å². The van der Waals surface area contributed by atoms with Gasteiger partial charge >= 0.3 is 0 Å². The Morgan fingerprint density at radius 1 is 1.20 bits per heavy atom. The van der Waals surface area contributed by atoms with Crippen molar-refractivity contribution in [3.63, 3.8) is 0 Å². The number of aryl methyl sites for hydroxylation is 2. The van der Waals surface area contributed by atoms with Crippen molar-refractivity contribution in [1.29, 1.82) is 0 Å². The zero-order valence-electron chi connectivity index (χ0n) is 13.7. The van der Waals surface area contributed by atoms with Crippen LogP contribution in [0.3, 0.4) is 0 Å². The maximum absolute atomic E-state index is 3.67. The van der Waals surface area contributed by atoms with Crippen LogP contribution >= 0.6 is 0 Å². The quantitative estimate of drug-likeness (QED) is 0.881. The molecular formula is C18H30N2. The Hall–Kier alpha value is -0.860. The van der Waals surface area contributed by atoms with Gasteiger partial charge in [-0.25, -0.2) is 0 Å². The maximum atomic E-state index is 3.67. The molecule has 2 heteroatoms. The third kappa shape index (κ3) is 3.83. The van der Waals surface area contributed by atoms with Gasteiger partial charge in [0.15, 0.2) is 0 Å². The van der Waals surface area contributed by atoms with Crippen LogP contribution in [0.2, 0.25) is 0 Å². The third-order valence-corrected chi connectivity index (χ3v) is 4.43. The maximum Gasteiger partial charge on any atom is 0.0449 e. The van der Waals surface area contributed by atoms with E-state index in [0.717, 1.165) is 25.0 Å². The van der Waals surface area contributed by atoms with Crippen molar-refractivity contribution in [2.45, 2.75) is 53.1 Å². The highest BCUT2D eigenvalue weighted by molar-refractivity contribution is 5.31. The fourth-order valence-electron chi connectivity index (χ4n) is 3.62. The van der Waals surface area contributed by atoms with Gasteiger partial charge in [0, 0.05) is 25.2 Å². The summed E-state index contributed by atoms with van der Waals surface area (Å²) in [7, 11) is 0. The lowest BCUT2D eigenvalue weighted by Crippen LogP contribution is -2.37. The molecule has 1 aromatic rings. The number of rotatable bonds is 5. The van der Waals surface area contributed by atoms with Crippen molar-refractivity contribution >= 4 is 0 Å². The molecule has 1 aliphatic heterocycles. The highest BCUT2D eigenvalue weighted by atomic mass is 15.2. The second-order valence-corrected chi connectivity index (χ2v) is 6.68. The summed E-state index contributed by atoms with van der Waals surface area (Å²) >= 11 is 0. The lowest BCUT2D eigenvalue weighted by Gasteiger charge is -2.28. The van der Waals surface area contributed by atoms with Crippen LogP contribution < -0.4 is 5.32 Å². The number of nitrogens with one attached hydrogen (secondary N) is 1. The highest BCUT2D eigenvalue weighted by Crippen LogP contribution is 2.26. The molecule has 20 heavy (non-hydrogen) atoms. The Balaban J connectivity index is 2.14. The van der Waals surface area contributed by atoms with Crippen molar-refractivity contribution in [2.24, 2.45) is 5.92 Å². The van der Waals surface area contributed by atoms with Gasteiger partial charge in [-0.1, -0.05) is 43.2 Å². The van der Waals surface area contributed by atoms with Gasteiger partial charge in [-0.15, -0.1) is 0 Å². The Kier molecular flexibility index (Phi) is 5.22. The summed E-state index contributed by atoms with van der Waals surface area (Å²) < 4.78 is 0. The Labute approximate surface area is 124 Å². The van der Waals surface area contributed by atoms with Crippen LogP contribution in [0.15, 0.2) is 18.2 Å². The van der Waals surface area contributed by atoms with Crippen molar-refractivity contribution in [3.8, 4) is 0 Å². The normalized spacial score (nSPS) is 25.1. The van der Waals surface area contributed by atoms with Crippen LogP contribution in [0.4, 0.5) is 0 Å². The minimum Gasteiger partial charge on any atom is -0.309 e. The number of benzene rings is 1. The monoisotopic (exact) mass is 274 g/mol. The molecule has 0 bridgehead atoms. The summed E-state index contributed by atoms with van der Waals surface area (Å²) in [5.74, 6) is 0.839. The van der Waals surface area contributed by atoms with E-state index in [0.29, 0.717) is 6.04 Å². The molecule has 0 aromatic heterocycles. The van der Waals surface area contributed by atoms with Gasteiger partial charge in [-0.05, 0) is 45.2 Å². The molecule has 1 aliphatic rings. The Bertz CT molecular complexity index is 421. The van der Waals surface area contributed by atoms with Gasteiger partial charge in [0.1, 0.15) is 0 Å². The highest BCUT2D eigenvalue weighted by Gasteiger charge is 2.28. The first-order valence-corrected chi connectivity index (χ1v) is 8.05. The average Bonchev–Trinajstić information content (AvgIpc) is 2.66. The van der Waals surface area contributed by atoms with Crippen LogP contribution in [0.1, 0.15) is 49.9 Å². The summed E-state index contributed by atoms with van der Waals surface area (Å²) in [6.45, 7) is 14.7. The average molecular weight is 274 g/mol. The van der Waals surface area contributed by atoms with E-state index < -0.39 is 0 Å². The van der Waals surface area contributed by atoms with Gasteiger partial charge in [0.05, 0.1) is 0 Å². The van der Waals surface area contributed by atoms with E-state index in [4.69, 9.17) is 0 Å². The first-order valence-electron chi connectivity index (χ1n) is 8.05. The van der Waals surface area contributed by atoms with E-state index >= 15 is 0 Å². The Morgan fingerprint density at radius 2 is 1.85 bits per heavy atom. The zero-order valence-corrected chi connectivity index (χ0v) is 13.7. The van der Waals surface area contributed by atoms with Gasteiger partial charge in [-0.2, -0.15) is 0 Å². The minimum absolute atomic E-state index is 0.450. The second kappa shape index (κ2) is 6.73. The van der Waals surface area contributed by atoms with E-state index in [1.54, 1.807) is 0 Å². The lowest BCUT2D eigenvalue weighted by atomic mass is 10.0. The first-order chi connectivity index (χ1) is 9.49. The SMILES string of the molecule is CCNC(CN1CC(C)CC1C)c1cc(C)cc(C)c1. The van der Waals surface area contributed by atoms with E-state index in [2.05, 4.69) is 63.0 Å². The standard InChI is InChI=1S/C18H30N2/c1-6-19-18(12-20-11-15(4)8-16(20)5)17-9-13(2)7-14(3)10-17/h7,9-10,15-16,18-19H,6,8,11-12H2,1-5H3. The van der Waals surface area contributed by atoms with Gasteiger partial charge < -0.3 is 5.32 Å². The summed E-state index contributed by atoms with van der Waals surface area (Å²) in [6, 6.07) is 8.10. The molecule has 1 heterocycles. The molecule has 0 amide bonds. The summed E-state index contributed by atoms with van der Waals surface area (Å²) in [5, 5.41) is 3.67. The second-order valence-electron chi connectivity index (χ2n) is 6.68. The summed E-state index contributed by atoms with van der Waals surface area (Å²) in [5.41, 5.74) is 4.17. The topological polar surface area (TPSA) is 15.3 Å². The first kappa shape index (κ1) is 15.5. The van der Waals surface area contributed by atoms with E-state index in [-0.39, 0.29) is 0 Å². The fourth-order valence-corrected chi connectivity index (χ4v) is 3.62. The van der Waals surface area contributed by atoms with Crippen molar-refractivity contribution in [3.05, 3.63) is 34.9 Å². The third-order valence-electron chi connectivity index (χ3n) is 4.43. The molecule has 1 saturated heterocycles. The van der Waals surface area contributed by atoms with Crippen molar-refractivity contribution in [2.75, 3.05) is 19.6 Å². The number of likely N-dealkylation sites (N-methyl/N-ethyl adjacent to an activating group) is 1. The molecular weight excluding hydrogens is 244 g/mol.